The fourth-order valence-corrected chi connectivity index (χ4v) is 2.54. The van der Waals surface area contributed by atoms with Crippen molar-refractivity contribution >= 4 is 11.8 Å². The Bertz CT molecular complexity index is 672. The summed E-state index contributed by atoms with van der Waals surface area (Å²) >= 11 is 0. The van der Waals surface area contributed by atoms with Crippen molar-refractivity contribution in [1.29, 1.82) is 0 Å². The van der Waals surface area contributed by atoms with E-state index in [0.29, 0.717) is 12.2 Å². The molecule has 2 heterocycles. The minimum atomic E-state index is -0.771. The SMILES string of the molecule is CN(Cc1ccon1)C(=O)[C@H]1OCC(=O)N[C@@H]1c1ccccc1. The normalized spacial score (nSPS) is 20.8. The summed E-state index contributed by atoms with van der Waals surface area (Å²) in [6, 6.07) is 10.5. The van der Waals surface area contributed by atoms with Crippen molar-refractivity contribution in [2.75, 3.05) is 13.7 Å². The highest BCUT2D eigenvalue weighted by molar-refractivity contribution is 5.86. The molecule has 1 saturated heterocycles. The first-order valence-electron chi connectivity index (χ1n) is 7.25. The third-order valence-corrected chi connectivity index (χ3v) is 3.68. The topological polar surface area (TPSA) is 84.7 Å². The average molecular weight is 315 g/mol. The van der Waals surface area contributed by atoms with Gasteiger partial charge in [-0.3, -0.25) is 9.59 Å². The number of benzene rings is 1. The van der Waals surface area contributed by atoms with Crippen LogP contribution < -0.4 is 5.32 Å². The number of aromatic nitrogens is 1. The maximum Gasteiger partial charge on any atom is 0.254 e. The van der Waals surface area contributed by atoms with Crippen LogP contribution >= 0.6 is 0 Å². The third kappa shape index (κ3) is 3.40. The van der Waals surface area contributed by atoms with E-state index >= 15 is 0 Å². The molecule has 2 amide bonds. The number of rotatable bonds is 4. The highest BCUT2D eigenvalue weighted by atomic mass is 16.5. The van der Waals surface area contributed by atoms with Crippen molar-refractivity contribution in [3.8, 4) is 0 Å². The molecular weight excluding hydrogens is 298 g/mol. The zero-order valence-electron chi connectivity index (χ0n) is 12.6. The number of likely N-dealkylation sites (N-methyl/N-ethyl adjacent to an activating group) is 1. The number of nitrogens with zero attached hydrogens (tertiary/aromatic N) is 2. The number of nitrogens with one attached hydrogen (secondary N) is 1. The van der Waals surface area contributed by atoms with Gasteiger partial charge in [0.1, 0.15) is 18.6 Å². The van der Waals surface area contributed by atoms with Crippen molar-refractivity contribution in [2.45, 2.75) is 18.7 Å². The largest absolute Gasteiger partial charge is 0.364 e. The van der Waals surface area contributed by atoms with Gasteiger partial charge in [0.2, 0.25) is 5.91 Å². The van der Waals surface area contributed by atoms with Crippen LogP contribution in [0.5, 0.6) is 0 Å². The van der Waals surface area contributed by atoms with E-state index in [0.717, 1.165) is 5.56 Å². The molecule has 0 radical (unpaired) electrons. The van der Waals surface area contributed by atoms with Crippen LogP contribution in [-0.4, -0.2) is 41.6 Å². The van der Waals surface area contributed by atoms with Gasteiger partial charge in [0.15, 0.2) is 6.10 Å². The summed E-state index contributed by atoms with van der Waals surface area (Å²) in [4.78, 5) is 25.9. The second-order valence-corrected chi connectivity index (χ2v) is 5.37. The van der Waals surface area contributed by atoms with Crippen LogP contribution in [0.2, 0.25) is 0 Å². The molecule has 3 rings (SSSR count). The molecule has 0 unspecified atom stereocenters. The molecule has 0 saturated carbocycles. The van der Waals surface area contributed by atoms with E-state index < -0.39 is 12.1 Å². The minimum Gasteiger partial charge on any atom is -0.364 e. The molecule has 7 nitrogen and oxygen atoms in total. The van der Waals surface area contributed by atoms with Crippen molar-refractivity contribution in [2.24, 2.45) is 0 Å². The highest BCUT2D eigenvalue weighted by Gasteiger charge is 2.37. The Hall–Kier alpha value is -2.67. The van der Waals surface area contributed by atoms with Crippen molar-refractivity contribution in [1.82, 2.24) is 15.4 Å². The van der Waals surface area contributed by atoms with E-state index in [-0.39, 0.29) is 18.4 Å². The van der Waals surface area contributed by atoms with Gasteiger partial charge in [-0.2, -0.15) is 0 Å². The van der Waals surface area contributed by atoms with Crippen LogP contribution in [-0.2, 0) is 20.9 Å². The van der Waals surface area contributed by atoms with Crippen LogP contribution in [0.3, 0.4) is 0 Å². The molecule has 7 heteroatoms. The van der Waals surface area contributed by atoms with Gasteiger partial charge in [-0.1, -0.05) is 35.5 Å². The average Bonchev–Trinajstić information content (AvgIpc) is 3.08. The first-order valence-corrected chi connectivity index (χ1v) is 7.25. The molecule has 2 aromatic rings. The highest BCUT2D eigenvalue weighted by Crippen LogP contribution is 2.24. The standard InChI is InChI=1S/C16H17N3O4/c1-19(9-12-7-8-23-18-12)16(21)15-14(17-13(20)10-22-15)11-5-3-2-4-6-11/h2-8,14-15H,9-10H2,1H3,(H,17,20)/t14-,15+/m1/s1. The Labute approximate surface area is 133 Å². The number of hydrogen-bond acceptors (Lipinski definition) is 5. The van der Waals surface area contributed by atoms with Gasteiger partial charge < -0.3 is 19.5 Å². The van der Waals surface area contributed by atoms with Crippen LogP contribution in [0, 0.1) is 0 Å². The molecule has 1 aliphatic heterocycles. The summed E-state index contributed by atoms with van der Waals surface area (Å²) in [5, 5.41) is 6.63. The summed E-state index contributed by atoms with van der Waals surface area (Å²) in [6.07, 6.45) is 0.685. The number of ether oxygens (including phenoxy) is 1. The first-order chi connectivity index (χ1) is 11.1. The molecule has 1 aromatic heterocycles. The second kappa shape index (κ2) is 6.62. The number of morpholine rings is 1. The third-order valence-electron chi connectivity index (χ3n) is 3.68. The van der Waals surface area contributed by atoms with E-state index in [1.165, 1.54) is 11.2 Å². The smallest absolute Gasteiger partial charge is 0.254 e. The van der Waals surface area contributed by atoms with Gasteiger partial charge in [-0.25, -0.2) is 0 Å². The molecule has 2 atom stereocenters. The molecule has 1 aliphatic rings. The Morgan fingerprint density at radius 1 is 1.35 bits per heavy atom. The van der Waals surface area contributed by atoms with Crippen LogP contribution in [0.15, 0.2) is 47.2 Å². The first kappa shape index (κ1) is 15.2. The fourth-order valence-electron chi connectivity index (χ4n) is 2.54. The molecule has 0 bridgehead atoms. The maximum absolute atomic E-state index is 12.7. The molecule has 1 fully saturated rings. The molecule has 0 spiro atoms. The van der Waals surface area contributed by atoms with E-state index in [9.17, 15) is 9.59 Å². The van der Waals surface area contributed by atoms with Crippen molar-refractivity contribution in [3.05, 3.63) is 53.9 Å². The molecular formula is C16H17N3O4. The van der Waals surface area contributed by atoms with Crippen LogP contribution in [0.4, 0.5) is 0 Å². The second-order valence-electron chi connectivity index (χ2n) is 5.37. The Kier molecular flexibility index (Phi) is 4.38. The molecule has 120 valence electrons. The van der Waals surface area contributed by atoms with Gasteiger partial charge in [0.25, 0.3) is 5.91 Å². The minimum absolute atomic E-state index is 0.127. The Morgan fingerprint density at radius 3 is 2.83 bits per heavy atom. The number of amides is 2. The molecule has 0 aliphatic carbocycles. The zero-order chi connectivity index (χ0) is 16.2. The van der Waals surface area contributed by atoms with Gasteiger partial charge in [0.05, 0.1) is 12.6 Å². The van der Waals surface area contributed by atoms with E-state index in [4.69, 9.17) is 9.26 Å². The maximum atomic E-state index is 12.7. The van der Waals surface area contributed by atoms with Gasteiger partial charge in [-0.05, 0) is 5.56 Å². The lowest BCUT2D eigenvalue weighted by Gasteiger charge is -2.33. The van der Waals surface area contributed by atoms with Gasteiger partial charge in [0, 0.05) is 13.1 Å². The van der Waals surface area contributed by atoms with Gasteiger partial charge in [-0.15, -0.1) is 0 Å². The van der Waals surface area contributed by atoms with Crippen molar-refractivity contribution < 1.29 is 18.8 Å². The summed E-state index contributed by atoms with van der Waals surface area (Å²) in [7, 11) is 1.67. The monoisotopic (exact) mass is 315 g/mol. The summed E-state index contributed by atoms with van der Waals surface area (Å²) in [5.74, 6) is -0.455. The van der Waals surface area contributed by atoms with Crippen LogP contribution in [0.25, 0.3) is 0 Å². The number of hydrogen-bond donors (Lipinski definition) is 1. The lowest BCUT2D eigenvalue weighted by atomic mass is 9.99. The predicted octanol–water partition coefficient (Wildman–Crippen LogP) is 0.889. The summed E-state index contributed by atoms with van der Waals surface area (Å²) < 4.78 is 10.3. The summed E-state index contributed by atoms with van der Waals surface area (Å²) in [5.41, 5.74) is 1.48. The van der Waals surface area contributed by atoms with Crippen LogP contribution in [0.1, 0.15) is 17.3 Å². The molecule has 1 N–H and O–H groups in total. The molecule has 1 aromatic carbocycles. The quantitative estimate of drug-likeness (QED) is 0.906. The Morgan fingerprint density at radius 2 is 2.13 bits per heavy atom. The van der Waals surface area contributed by atoms with Gasteiger partial charge >= 0.3 is 0 Å². The zero-order valence-corrected chi connectivity index (χ0v) is 12.6. The Balaban J connectivity index is 1.77. The summed E-state index contributed by atoms with van der Waals surface area (Å²) in [6.45, 7) is 0.183. The lowest BCUT2D eigenvalue weighted by molar-refractivity contribution is -0.154. The number of carbonyl (C=O) groups excluding carboxylic acids is 2. The number of carbonyl (C=O) groups is 2. The fraction of sp³-hybridized carbons (Fsp3) is 0.312. The van der Waals surface area contributed by atoms with E-state index in [1.807, 2.05) is 30.3 Å². The van der Waals surface area contributed by atoms with E-state index in [1.54, 1.807) is 13.1 Å². The molecule has 23 heavy (non-hydrogen) atoms. The van der Waals surface area contributed by atoms with Crippen molar-refractivity contribution in [3.63, 3.8) is 0 Å². The predicted molar refractivity (Wildman–Crippen MR) is 80.0 cm³/mol. The lowest BCUT2D eigenvalue weighted by Crippen LogP contribution is -2.52. The van der Waals surface area contributed by atoms with E-state index in [2.05, 4.69) is 10.5 Å².